The zero-order chi connectivity index (χ0) is 10.1. The number of hydrogen-bond acceptors (Lipinski definition) is 3. The van der Waals surface area contributed by atoms with E-state index in [1.54, 1.807) is 11.9 Å². The number of carbonyl (C=O) groups excluding carboxylic acids is 1. The molecule has 0 saturated heterocycles. The Hall–Kier alpha value is -1.55. The van der Waals surface area contributed by atoms with E-state index in [1.165, 1.54) is 0 Å². The lowest BCUT2D eigenvalue weighted by atomic mass is 10.1. The second-order valence-electron chi connectivity index (χ2n) is 3.36. The summed E-state index contributed by atoms with van der Waals surface area (Å²) in [7, 11) is 1.78. The van der Waals surface area contributed by atoms with Crippen LogP contribution < -0.4 is 16.0 Å². The van der Waals surface area contributed by atoms with Gasteiger partial charge in [0.25, 0.3) is 0 Å². The van der Waals surface area contributed by atoms with Gasteiger partial charge in [-0.25, -0.2) is 0 Å². The first-order valence-corrected chi connectivity index (χ1v) is 4.56. The highest BCUT2D eigenvalue weighted by atomic mass is 16.2. The second-order valence-corrected chi connectivity index (χ2v) is 3.36. The van der Waals surface area contributed by atoms with Crippen molar-refractivity contribution >= 4 is 17.3 Å². The normalized spacial score (nSPS) is 15.0. The molecule has 1 heterocycles. The Labute approximate surface area is 82.7 Å². The lowest BCUT2D eigenvalue weighted by Crippen LogP contribution is -2.36. The zero-order valence-electron chi connectivity index (χ0n) is 8.08. The first-order chi connectivity index (χ1) is 6.72. The van der Waals surface area contributed by atoms with E-state index >= 15 is 0 Å². The minimum absolute atomic E-state index is 0.0756. The molecule has 14 heavy (non-hydrogen) atoms. The number of fused-ring (bicyclic) bond motifs is 1. The Morgan fingerprint density at radius 1 is 1.57 bits per heavy atom. The summed E-state index contributed by atoms with van der Waals surface area (Å²) in [5, 5.41) is 3.06. The van der Waals surface area contributed by atoms with Gasteiger partial charge in [-0.15, -0.1) is 0 Å². The van der Waals surface area contributed by atoms with Gasteiger partial charge in [0.2, 0.25) is 5.91 Å². The highest BCUT2D eigenvalue weighted by Gasteiger charge is 2.19. The molecule has 0 fully saturated rings. The van der Waals surface area contributed by atoms with Crippen LogP contribution in [-0.2, 0) is 11.3 Å². The van der Waals surface area contributed by atoms with Crippen LogP contribution in [0.5, 0.6) is 0 Å². The minimum atomic E-state index is 0.0756. The van der Waals surface area contributed by atoms with Crippen LogP contribution in [0.4, 0.5) is 11.4 Å². The zero-order valence-corrected chi connectivity index (χ0v) is 8.08. The van der Waals surface area contributed by atoms with E-state index in [0.29, 0.717) is 13.1 Å². The number of hydrogen-bond donors (Lipinski definition) is 2. The number of likely N-dealkylation sites (N-methyl/N-ethyl adjacent to an activating group) is 1. The van der Waals surface area contributed by atoms with Crippen molar-refractivity contribution in [3.05, 3.63) is 23.8 Å². The fourth-order valence-corrected chi connectivity index (χ4v) is 1.55. The van der Waals surface area contributed by atoms with Crippen LogP contribution in [-0.4, -0.2) is 19.5 Å². The van der Waals surface area contributed by atoms with Gasteiger partial charge in [0, 0.05) is 13.6 Å². The maximum atomic E-state index is 11.4. The molecule has 1 aliphatic heterocycles. The van der Waals surface area contributed by atoms with Crippen molar-refractivity contribution in [1.82, 2.24) is 0 Å². The molecule has 4 nitrogen and oxygen atoms in total. The highest BCUT2D eigenvalue weighted by molar-refractivity contribution is 6.02. The molecule has 1 amide bonds. The topological polar surface area (TPSA) is 58.4 Å². The van der Waals surface area contributed by atoms with Crippen molar-refractivity contribution in [3.8, 4) is 0 Å². The van der Waals surface area contributed by atoms with E-state index in [4.69, 9.17) is 5.73 Å². The number of nitrogens with two attached hydrogens (primary N) is 1. The highest BCUT2D eigenvalue weighted by Crippen LogP contribution is 2.29. The fraction of sp³-hybridized carbons (Fsp3) is 0.300. The molecule has 0 bridgehead atoms. The van der Waals surface area contributed by atoms with Gasteiger partial charge >= 0.3 is 0 Å². The predicted molar refractivity (Wildman–Crippen MR) is 56.2 cm³/mol. The Morgan fingerprint density at radius 3 is 3.07 bits per heavy atom. The standard InChI is InChI=1S/C10H13N3O/c1-13-9-4-7(5-11)2-3-8(9)12-6-10(13)14/h2-4,12H,5-6,11H2,1H3. The molecule has 1 aromatic carbocycles. The van der Waals surface area contributed by atoms with Crippen LogP contribution in [0.1, 0.15) is 5.56 Å². The third kappa shape index (κ3) is 1.33. The van der Waals surface area contributed by atoms with Gasteiger partial charge in [0.15, 0.2) is 0 Å². The maximum Gasteiger partial charge on any atom is 0.246 e. The average Bonchev–Trinajstić information content (AvgIpc) is 2.23. The molecule has 4 heteroatoms. The van der Waals surface area contributed by atoms with Gasteiger partial charge in [0.1, 0.15) is 0 Å². The number of amides is 1. The smallest absolute Gasteiger partial charge is 0.246 e. The second kappa shape index (κ2) is 3.31. The van der Waals surface area contributed by atoms with Gasteiger partial charge < -0.3 is 16.0 Å². The van der Waals surface area contributed by atoms with Crippen LogP contribution >= 0.6 is 0 Å². The van der Waals surface area contributed by atoms with Crippen molar-refractivity contribution in [2.45, 2.75) is 6.54 Å². The summed E-state index contributed by atoms with van der Waals surface area (Å²) in [6, 6.07) is 5.87. The van der Waals surface area contributed by atoms with E-state index in [2.05, 4.69) is 5.32 Å². The van der Waals surface area contributed by atoms with Gasteiger partial charge in [-0.1, -0.05) is 6.07 Å². The molecule has 2 rings (SSSR count). The number of nitrogens with one attached hydrogen (secondary N) is 1. The number of carbonyl (C=O) groups is 1. The molecular formula is C10H13N3O. The number of benzene rings is 1. The van der Waals surface area contributed by atoms with E-state index < -0.39 is 0 Å². The summed E-state index contributed by atoms with van der Waals surface area (Å²) in [6.07, 6.45) is 0. The van der Waals surface area contributed by atoms with Gasteiger partial charge in [-0.2, -0.15) is 0 Å². The van der Waals surface area contributed by atoms with Crippen LogP contribution in [0, 0.1) is 0 Å². The van der Waals surface area contributed by atoms with Crippen LogP contribution in [0.3, 0.4) is 0 Å². The Balaban J connectivity index is 2.46. The lowest BCUT2D eigenvalue weighted by Gasteiger charge is -2.27. The van der Waals surface area contributed by atoms with E-state index in [9.17, 15) is 4.79 Å². The molecule has 1 aromatic rings. The number of nitrogens with zero attached hydrogens (tertiary/aromatic N) is 1. The maximum absolute atomic E-state index is 11.4. The van der Waals surface area contributed by atoms with E-state index in [0.717, 1.165) is 16.9 Å². The number of anilines is 2. The van der Waals surface area contributed by atoms with Crippen LogP contribution in [0.2, 0.25) is 0 Å². The van der Waals surface area contributed by atoms with Gasteiger partial charge in [-0.3, -0.25) is 4.79 Å². The molecular weight excluding hydrogens is 178 g/mol. The van der Waals surface area contributed by atoms with E-state index in [1.807, 2.05) is 18.2 Å². The first-order valence-electron chi connectivity index (χ1n) is 4.56. The molecule has 0 saturated carbocycles. The summed E-state index contributed by atoms with van der Waals surface area (Å²) >= 11 is 0. The third-order valence-corrected chi connectivity index (χ3v) is 2.46. The monoisotopic (exact) mass is 191 g/mol. The third-order valence-electron chi connectivity index (χ3n) is 2.46. The molecule has 0 unspecified atom stereocenters. The SMILES string of the molecule is CN1C(=O)CNc2ccc(CN)cc21. The molecule has 0 atom stereocenters. The molecule has 3 N–H and O–H groups in total. The average molecular weight is 191 g/mol. The summed E-state index contributed by atoms with van der Waals surface area (Å²) in [5.74, 6) is 0.0756. The van der Waals surface area contributed by atoms with E-state index in [-0.39, 0.29) is 5.91 Å². The van der Waals surface area contributed by atoms with Gasteiger partial charge in [0.05, 0.1) is 17.9 Å². The predicted octanol–water partition coefficient (Wildman–Crippen LogP) is 0.534. The molecule has 74 valence electrons. The van der Waals surface area contributed by atoms with Gasteiger partial charge in [-0.05, 0) is 17.7 Å². The minimum Gasteiger partial charge on any atom is -0.374 e. The molecule has 0 aromatic heterocycles. The Kier molecular flexibility index (Phi) is 2.13. The fourth-order valence-electron chi connectivity index (χ4n) is 1.55. The summed E-state index contributed by atoms with van der Waals surface area (Å²) in [6.45, 7) is 0.862. The largest absolute Gasteiger partial charge is 0.374 e. The molecule has 0 spiro atoms. The van der Waals surface area contributed by atoms with Crippen molar-refractivity contribution in [3.63, 3.8) is 0 Å². The quantitative estimate of drug-likeness (QED) is 0.681. The molecule has 0 aliphatic carbocycles. The molecule has 1 aliphatic rings. The van der Waals surface area contributed by atoms with Crippen molar-refractivity contribution in [2.75, 3.05) is 23.8 Å². The Morgan fingerprint density at radius 2 is 2.36 bits per heavy atom. The number of rotatable bonds is 1. The van der Waals surface area contributed by atoms with Crippen LogP contribution in [0.15, 0.2) is 18.2 Å². The van der Waals surface area contributed by atoms with Crippen molar-refractivity contribution in [1.29, 1.82) is 0 Å². The lowest BCUT2D eigenvalue weighted by molar-refractivity contribution is -0.116. The van der Waals surface area contributed by atoms with Crippen LogP contribution in [0.25, 0.3) is 0 Å². The summed E-state index contributed by atoms with van der Waals surface area (Å²) in [4.78, 5) is 13.0. The first kappa shape index (κ1) is 9.02. The Bertz CT molecular complexity index is 376. The summed E-state index contributed by atoms with van der Waals surface area (Å²) in [5.41, 5.74) is 8.47. The summed E-state index contributed by atoms with van der Waals surface area (Å²) < 4.78 is 0. The van der Waals surface area contributed by atoms with Crippen molar-refractivity contribution < 1.29 is 4.79 Å². The molecule has 0 radical (unpaired) electrons. The van der Waals surface area contributed by atoms with Crippen molar-refractivity contribution in [2.24, 2.45) is 5.73 Å².